The molecule has 0 aliphatic rings. The molecule has 1 aromatic rings. The normalized spacial score (nSPS) is 10.5. The van der Waals surface area contributed by atoms with E-state index in [1.807, 2.05) is 0 Å². The van der Waals surface area contributed by atoms with Gasteiger partial charge in [-0.05, 0) is 18.8 Å². The maximum Gasteiger partial charge on any atom is 0.325 e. The first-order valence-electron chi connectivity index (χ1n) is 6.26. The Morgan fingerprint density at radius 3 is 2.84 bits per heavy atom. The minimum Gasteiger partial charge on any atom is -0.480 e. The van der Waals surface area contributed by atoms with Crippen LogP contribution in [0.4, 0.5) is 10.5 Å². The maximum atomic E-state index is 11.5. The van der Waals surface area contributed by atoms with Crippen LogP contribution in [0.1, 0.15) is 26.7 Å². The third-order valence-corrected chi connectivity index (χ3v) is 2.43. The molecule has 0 aliphatic heterocycles. The summed E-state index contributed by atoms with van der Waals surface area (Å²) in [6.45, 7) is 4.67. The molecule has 1 rings (SSSR count). The summed E-state index contributed by atoms with van der Waals surface area (Å²) in [5.41, 5.74) is 0.475. The number of urea groups is 1. The van der Waals surface area contributed by atoms with Gasteiger partial charge in [-0.1, -0.05) is 13.8 Å². The number of nitrogens with zero attached hydrogens (tertiary/aromatic N) is 2. The smallest absolute Gasteiger partial charge is 0.325 e. The Labute approximate surface area is 112 Å². The summed E-state index contributed by atoms with van der Waals surface area (Å²) < 4.78 is 1.25. The average Bonchev–Trinajstić information content (AvgIpc) is 2.70. The molecule has 1 aromatic heterocycles. The van der Waals surface area contributed by atoms with Gasteiger partial charge in [0.1, 0.15) is 6.54 Å². The van der Waals surface area contributed by atoms with Gasteiger partial charge in [-0.25, -0.2) is 4.79 Å². The molecule has 7 heteroatoms. The molecule has 19 heavy (non-hydrogen) atoms. The fraction of sp³-hybridized carbons (Fsp3) is 0.583. The molecular weight excluding hydrogens is 248 g/mol. The number of hydrogen-bond donors (Lipinski definition) is 3. The highest BCUT2D eigenvalue weighted by Gasteiger charge is 2.05. The van der Waals surface area contributed by atoms with Crippen LogP contribution in [0.2, 0.25) is 0 Å². The zero-order valence-electron chi connectivity index (χ0n) is 11.2. The zero-order valence-corrected chi connectivity index (χ0v) is 11.2. The zero-order chi connectivity index (χ0) is 14.3. The summed E-state index contributed by atoms with van der Waals surface area (Å²) in [7, 11) is 0. The van der Waals surface area contributed by atoms with Crippen molar-refractivity contribution < 1.29 is 14.7 Å². The van der Waals surface area contributed by atoms with Crippen LogP contribution in [-0.4, -0.2) is 33.4 Å². The van der Waals surface area contributed by atoms with Crippen LogP contribution in [0.25, 0.3) is 0 Å². The average molecular weight is 268 g/mol. The third kappa shape index (κ3) is 6.44. The number of carbonyl (C=O) groups excluding carboxylic acids is 1. The van der Waals surface area contributed by atoms with Gasteiger partial charge in [-0.2, -0.15) is 5.10 Å². The number of nitrogens with one attached hydrogen (secondary N) is 2. The Morgan fingerprint density at radius 2 is 2.21 bits per heavy atom. The number of aliphatic carboxylic acids is 1. The van der Waals surface area contributed by atoms with E-state index in [2.05, 4.69) is 29.6 Å². The van der Waals surface area contributed by atoms with Crippen molar-refractivity contribution in [1.82, 2.24) is 15.1 Å². The summed E-state index contributed by atoms with van der Waals surface area (Å²) in [5, 5.41) is 17.7. The Kier molecular flexibility index (Phi) is 5.84. The van der Waals surface area contributed by atoms with Crippen LogP contribution in [0, 0.1) is 5.92 Å². The number of hydrogen-bond acceptors (Lipinski definition) is 3. The van der Waals surface area contributed by atoms with Gasteiger partial charge in [-0.15, -0.1) is 0 Å². The van der Waals surface area contributed by atoms with Gasteiger partial charge in [0.2, 0.25) is 0 Å². The lowest BCUT2D eigenvalue weighted by atomic mass is 10.1. The first-order chi connectivity index (χ1) is 8.97. The molecule has 0 unspecified atom stereocenters. The summed E-state index contributed by atoms with van der Waals surface area (Å²) in [6.07, 6.45) is 4.89. The van der Waals surface area contributed by atoms with Gasteiger partial charge in [0.25, 0.3) is 0 Å². The van der Waals surface area contributed by atoms with Crippen LogP contribution in [0.15, 0.2) is 12.4 Å². The molecule has 0 saturated carbocycles. The number of carbonyl (C=O) groups is 2. The number of rotatable bonds is 7. The van der Waals surface area contributed by atoms with Crippen molar-refractivity contribution in [2.24, 2.45) is 5.92 Å². The summed E-state index contributed by atoms with van der Waals surface area (Å²) in [5.74, 6) is -0.355. The van der Waals surface area contributed by atoms with Gasteiger partial charge in [0.15, 0.2) is 0 Å². The fourth-order valence-corrected chi connectivity index (χ4v) is 1.54. The van der Waals surface area contributed by atoms with Crippen molar-refractivity contribution in [2.45, 2.75) is 33.2 Å². The molecule has 0 atom stereocenters. The van der Waals surface area contributed by atoms with E-state index in [0.29, 0.717) is 18.2 Å². The lowest BCUT2D eigenvalue weighted by Crippen LogP contribution is -2.29. The summed E-state index contributed by atoms with van der Waals surface area (Å²) in [6, 6.07) is -0.307. The molecule has 0 bridgehead atoms. The summed E-state index contributed by atoms with van der Waals surface area (Å²) in [4.78, 5) is 22.0. The molecule has 1 heterocycles. The molecular formula is C12H20N4O3. The van der Waals surface area contributed by atoms with Crippen LogP contribution in [0.3, 0.4) is 0 Å². The molecule has 0 fully saturated rings. The number of aromatic nitrogens is 2. The monoisotopic (exact) mass is 268 g/mol. The number of amides is 2. The lowest BCUT2D eigenvalue weighted by molar-refractivity contribution is -0.137. The molecule has 7 nitrogen and oxygen atoms in total. The Hall–Kier alpha value is -2.05. The lowest BCUT2D eigenvalue weighted by Gasteiger charge is -2.07. The highest BCUT2D eigenvalue weighted by Crippen LogP contribution is 2.05. The van der Waals surface area contributed by atoms with Crippen molar-refractivity contribution >= 4 is 17.7 Å². The van der Waals surface area contributed by atoms with Crippen molar-refractivity contribution in [3.8, 4) is 0 Å². The molecule has 2 amide bonds. The molecule has 0 saturated heterocycles. The van der Waals surface area contributed by atoms with Gasteiger partial charge < -0.3 is 15.7 Å². The SMILES string of the molecule is CC(C)CCCNC(=O)Nc1cnn(CC(=O)O)c1. The number of carboxylic acids is 1. The van der Waals surface area contributed by atoms with E-state index >= 15 is 0 Å². The first-order valence-corrected chi connectivity index (χ1v) is 6.26. The predicted octanol–water partition coefficient (Wildman–Crippen LogP) is 1.53. The topological polar surface area (TPSA) is 96.3 Å². The fourth-order valence-electron chi connectivity index (χ4n) is 1.54. The molecule has 0 spiro atoms. The molecule has 0 aliphatic carbocycles. The Balaban J connectivity index is 2.28. The highest BCUT2D eigenvalue weighted by molar-refractivity contribution is 5.88. The number of carboxylic acid groups (broad SMARTS) is 1. The molecule has 0 radical (unpaired) electrons. The standard InChI is InChI=1S/C12H20N4O3/c1-9(2)4-3-5-13-12(19)15-10-6-14-16(7-10)8-11(17)18/h6-7,9H,3-5,8H2,1-2H3,(H,17,18)(H2,13,15,19). The van der Waals surface area contributed by atoms with Gasteiger partial charge >= 0.3 is 12.0 Å². The second-order valence-electron chi connectivity index (χ2n) is 4.74. The molecule has 0 aromatic carbocycles. The van der Waals surface area contributed by atoms with Crippen molar-refractivity contribution in [3.63, 3.8) is 0 Å². The maximum absolute atomic E-state index is 11.5. The van der Waals surface area contributed by atoms with E-state index in [1.54, 1.807) is 0 Å². The second kappa shape index (κ2) is 7.40. The van der Waals surface area contributed by atoms with Gasteiger partial charge in [0.05, 0.1) is 11.9 Å². The quantitative estimate of drug-likeness (QED) is 0.653. The predicted molar refractivity (Wildman–Crippen MR) is 71.0 cm³/mol. The minimum atomic E-state index is -0.979. The van der Waals surface area contributed by atoms with Crippen LogP contribution >= 0.6 is 0 Å². The number of anilines is 1. The largest absolute Gasteiger partial charge is 0.480 e. The highest BCUT2D eigenvalue weighted by atomic mass is 16.4. The van der Waals surface area contributed by atoms with Crippen molar-refractivity contribution in [3.05, 3.63) is 12.4 Å². The van der Waals surface area contributed by atoms with Crippen molar-refractivity contribution in [2.75, 3.05) is 11.9 Å². The molecule has 106 valence electrons. The van der Waals surface area contributed by atoms with E-state index in [1.165, 1.54) is 17.1 Å². The van der Waals surface area contributed by atoms with Gasteiger partial charge in [0, 0.05) is 12.7 Å². The second-order valence-corrected chi connectivity index (χ2v) is 4.74. The van der Waals surface area contributed by atoms with E-state index in [-0.39, 0.29) is 12.6 Å². The molecule has 3 N–H and O–H groups in total. The van der Waals surface area contributed by atoms with E-state index in [9.17, 15) is 9.59 Å². The minimum absolute atomic E-state index is 0.225. The van der Waals surface area contributed by atoms with Crippen LogP contribution < -0.4 is 10.6 Å². The van der Waals surface area contributed by atoms with Crippen LogP contribution in [-0.2, 0) is 11.3 Å². The van der Waals surface area contributed by atoms with E-state index in [4.69, 9.17) is 5.11 Å². The third-order valence-electron chi connectivity index (χ3n) is 2.43. The first kappa shape index (κ1) is 15.0. The van der Waals surface area contributed by atoms with Gasteiger partial charge in [-0.3, -0.25) is 9.48 Å². The van der Waals surface area contributed by atoms with E-state index in [0.717, 1.165) is 12.8 Å². The van der Waals surface area contributed by atoms with Crippen LogP contribution in [0.5, 0.6) is 0 Å². The Morgan fingerprint density at radius 1 is 1.47 bits per heavy atom. The van der Waals surface area contributed by atoms with E-state index < -0.39 is 5.97 Å². The Bertz CT molecular complexity index is 428. The summed E-state index contributed by atoms with van der Waals surface area (Å²) >= 11 is 0. The van der Waals surface area contributed by atoms with Crippen molar-refractivity contribution in [1.29, 1.82) is 0 Å².